The predicted molar refractivity (Wildman–Crippen MR) is 111 cm³/mol. The molecule has 7 nitrogen and oxygen atoms in total. The Balaban J connectivity index is 0.00000243. The van der Waals surface area contributed by atoms with Crippen LogP contribution in [0.1, 0.15) is 37.0 Å². The fraction of sp³-hybridized carbons (Fsp3) is 0.389. The Kier molecular flexibility index (Phi) is 7.89. The molecule has 0 radical (unpaired) electrons. The molecule has 140 valence electrons. The second kappa shape index (κ2) is 10.1. The molecule has 2 N–H and O–H groups in total. The molecule has 0 atom stereocenters. The van der Waals surface area contributed by atoms with Gasteiger partial charge in [0.1, 0.15) is 5.76 Å². The van der Waals surface area contributed by atoms with Gasteiger partial charge in [-0.3, -0.25) is 10.1 Å². The Morgan fingerprint density at radius 3 is 2.58 bits per heavy atom. The van der Waals surface area contributed by atoms with Crippen LogP contribution in [0.25, 0.3) is 0 Å². The lowest BCUT2D eigenvalue weighted by Crippen LogP contribution is -2.42. The number of aliphatic imine (C=N–C) groups is 1. The summed E-state index contributed by atoms with van der Waals surface area (Å²) in [5.74, 6) is 1.58. The van der Waals surface area contributed by atoms with Crippen molar-refractivity contribution in [3.63, 3.8) is 0 Å². The Bertz CT molecular complexity index is 711. The first-order valence-corrected chi connectivity index (χ1v) is 8.51. The number of nitro groups is 1. The fourth-order valence-electron chi connectivity index (χ4n) is 2.89. The van der Waals surface area contributed by atoms with Crippen LogP contribution in [0.15, 0.2) is 52.1 Å². The number of nitrogens with zero attached hydrogens (tertiary/aromatic N) is 2. The van der Waals surface area contributed by atoms with E-state index in [4.69, 9.17) is 4.42 Å². The van der Waals surface area contributed by atoms with Gasteiger partial charge in [-0.1, -0.05) is 25.0 Å². The highest BCUT2D eigenvalue weighted by Gasteiger charge is 2.16. The first-order valence-electron chi connectivity index (χ1n) is 8.51. The topological polar surface area (TPSA) is 92.7 Å². The summed E-state index contributed by atoms with van der Waals surface area (Å²) in [6.45, 7) is 1.02. The molecule has 1 aromatic heterocycles. The summed E-state index contributed by atoms with van der Waals surface area (Å²) in [5.41, 5.74) is 1.02. The third-order valence-electron chi connectivity index (χ3n) is 4.27. The molecule has 2 aromatic rings. The summed E-state index contributed by atoms with van der Waals surface area (Å²) >= 11 is 0. The number of nitro benzene ring substituents is 1. The van der Waals surface area contributed by atoms with Crippen LogP contribution in [0.5, 0.6) is 0 Å². The number of rotatable bonds is 6. The van der Waals surface area contributed by atoms with E-state index in [1.807, 2.05) is 12.1 Å². The molecule has 26 heavy (non-hydrogen) atoms. The number of non-ortho nitro benzene ring substituents is 1. The molecule has 3 rings (SSSR count). The average Bonchev–Trinajstić information content (AvgIpc) is 3.31. The smallest absolute Gasteiger partial charge is 0.269 e. The van der Waals surface area contributed by atoms with Crippen LogP contribution in [-0.2, 0) is 13.1 Å². The first kappa shape index (κ1) is 20.2. The van der Waals surface area contributed by atoms with Gasteiger partial charge in [-0.15, -0.1) is 24.0 Å². The number of guanidine groups is 1. The van der Waals surface area contributed by atoms with Gasteiger partial charge in [-0.25, -0.2) is 4.99 Å². The van der Waals surface area contributed by atoms with Crippen LogP contribution >= 0.6 is 24.0 Å². The number of furan rings is 1. The molecule has 0 saturated heterocycles. The molecule has 1 heterocycles. The lowest BCUT2D eigenvalue weighted by atomic mass is 10.2. The standard InChI is InChI=1S/C18H22N4O3.HI/c23-22(24)16-9-7-14(8-10-16)12-19-18(21-15-4-1-2-5-15)20-13-17-6-3-11-25-17;/h3,6-11,15H,1-2,4-5,12-13H2,(H2,19,20,21);1H. The van der Waals surface area contributed by atoms with Crippen LogP contribution in [0.3, 0.4) is 0 Å². The van der Waals surface area contributed by atoms with E-state index in [1.165, 1.54) is 25.0 Å². The molecule has 1 fully saturated rings. The maximum atomic E-state index is 10.7. The van der Waals surface area contributed by atoms with Gasteiger partial charge in [0.2, 0.25) is 0 Å². The van der Waals surface area contributed by atoms with Crippen molar-refractivity contribution in [1.82, 2.24) is 10.6 Å². The number of benzene rings is 1. The molecule has 0 amide bonds. The minimum Gasteiger partial charge on any atom is -0.467 e. The average molecular weight is 470 g/mol. The van der Waals surface area contributed by atoms with Gasteiger partial charge in [-0.2, -0.15) is 0 Å². The van der Waals surface area contributed by atoms with Crippen molar-refractivity contribution < 1.29 is 9.34 Å². The molecule has 0 unspecified atom stereocenters. The zero-order valence-electron chi connectivity index (χ0n) is 14.4. The van der Waals surface area contributed by atoms with Gasteiger partial charge < -0.3 is 15.1 Å². The van der Waals surface area contributed by atoms with Gasteiger partial charge in [-0.05, 0) is 30.5 Å². The molecule has 1 saturated carbocycles. The zero-order valence-corrected chi connectivity index (χ0v) is 16.7. The van der Waals surface area contributed by atoms with Gasteiger partial charge in [0.15, 0.2) is 5.96 Å². The van der Waals surface area contributed by atoms with E-state index in [1.54, 1.807) is 18.4 Å². The van der Waals surface area contributed by atoms with Crippen molar-refractivity contribution >= 4 is 35.6 Å². The first-order chi connectivity index (χ1) is 12.2. The van der Waals surface area contributed by atoms with Crippen LogP contribution < -0.4 is 10.6 Å². The van der Waals surface area contributed by atoms with Crippen molar-refractivity contribution in [2.45, 2.75) is 44.8 Å². The number of nitrogens with one attached hydrogen (secondary N) is 2. The Labute approximate surface area is 169 Å². The summed E-state index contributed by atoms with van der Waals surface area (Å²) in [5, 5.41) is 17.5. The summed E-state index contributed by atoms with van der Waals surface area (Å²) in [4.78, 5) is 14.9. The van der Waals surface area contributed by atoms with Crippen LogP contribution in [-0.4, -0.2) is 16.9 Å². The molecule has 0 bridgehead atoms. The highest BCUT2D eigenvalue weighted by Crippen LogP contribution is 2.17. The summed E-state index contributed by atoms with van der Waals surface area (Å²) in [6.07, 6.45) is 6.43. The molecule has 1 aliphatic carbocycles. The normalized spacial score (nSPS) is 14.7. The van der Waals surface area contributed by atoms with Crippen molar-refractivity contribution in [3.8, 4) is 0 Å². The van der Waals surface area contributed by atoms with E-state index < -0.39 is 4.92 Å². The minimum absolute atomic E-state index is 0. The minimum atomic E-state index is -0.398. The van der Waals surface area contributed by atoms with Crippen molar-refractivity contribution in [3.05, 3.63) is 64.1 Å². The maximum Gasteiger partial charge on any atom is 0.269 e. The SMILES string of the molecule is I.O=[N+]([O-])c1ccc(CN=C(NCc2ccco2)NC2CCCC2)cc1. The Morgan fingerprint density at radius 2 is 1.96 bits per heavy atom. The van der Waals surface area contributed by atoms with Gasteiger partial charge in [0, 0.05) is 18.2 Å². The fourth-order valence-corrected chi connectivity index (χ4v) is 2.89. The van der Waals surface area contributed by atoms with Gasteiger partial charge >= 0.3 is 0 Å². The highest BCUT2D eigenvalue weighted by molar-refractivity contribution is 14.0. The third-order valence-corrected chi connectivity index (χ3v) is 4.27. The summed E-state index contributed by atoms with van der Waals surface area (Å²) in [7, 11) is 0. The molecule has 8 heteroatoms. The molecule has 1 aliphatic rings. The summed E-state index contributed by atoms with van der Waals surface area (Å²) < 4.78 is 5.34. The van der Waals surface area contributed by atoms with E-state index in [0.29, 0.717) is 19.1 Å². The van der Waals surface area contributed by atoms with Crippen molar-refractivity contribution in [2.24, 2.45) is 4.99 Å². The van der Waals surface area contributed by atoms with E-state index in [9.17, 15) is 10.1 Å². The third kappa shape index (κ3) is 6.01. The Hall–Kier alpha value is -2.10. The van der Waals surface area contributed by atoms with Crippen LogP contribution in [0, 0.1) is 10.1 Å². The van der Waals surface area contributed by atoms with Crippen LogP contribution in [0.4, 0.5) is 5.69 Å². The quantitative estimate of drug-likeness (QED) is 0.219. The van der Waals surface area contributed by atoms with E-state index in [2.05, 4.69) is 15.6 Å². The van der Waals surface area contributed by atoms with Crippen molar-refractivity contribution in [2.75, 3.05) is 0 Å². The van der Waals surface area contributed by atoms with E-state index in [-0.39, 0.29) is 29.7 Å². The lowest BCUT2D eigenvalue weighted by molar-refractivity contribution is -0.384. The van der Waals surface area contributed by atoms with Crippen LogP contribution in [0.2, 0.25) is 0 Å². The van der Waals surface area contributed by atoms with Crippen molar-refractivity contribution in [1.29, 1.82) is 0 Å². The number of hydrogen-bond acceptors (Lipinski definition) is 4. The monoisotopic (exact) mass is 470 g/mol. The maximum absolute atomic E-state index is 10.7. The number of halogens is 1. The largest absolute Gasteiger partial charge is 0.467 e. The predicted octanol–water partition coefficient (Wildman–Crippen LogP) is 3.98. The highest BCUT2D eigenvalue weighted by atomic mass is 127. The van der Waals surface area contributed by atoms with E-state index >= 15 is 0 Å². The molecule has 0 spiro atoms. The summed E-state index contributed by atoms with van der Waals surface area (Å²) in [6, 6.07) is 10.7. The van der Waals surface area contributed by atoms with Gasteiger partial charge in [0.25, 0.3) is 5.69 Å². The van der Waals surface area contributed by atoms with Gasteiger partial charge in [0.05, 0.1) is 24.3 Å². The second-order valence-electron chi connectivity index (χ2n) is 6.15. The number of hydrogen-bond donors (Lipinski definition) is 2. The zero-order chi connectivity index (χ0) is 17.5. The van der Waals surface area contributed by atoms with E-state index in [0.717, 1.165) is 30.1 Å². The molecular weight excluding hydrogens is 447 g/mol. The molecule has 1 aromatic carbocycles. The molecular formula is C18H23IN4O3. The Morgan fingerprint density at radius 1 is 1.23 bits per heavy atom. The lowest BCUT2D eigenvalue weighted by Gasteiger charge is -2.17. The molecule has 0 aliphatic heterocycles. The second-order valence-corrected chi connectivity index (χ2v) is 6.15.